The van der Waals surface area contributed by atoms with E-state index in [4.69, 9.17) is 14.4 Å². The summed E-state index contributed by atoms with van der Waals surface area (Å²) in [6.07, 6.45) is 0. The monoisotopic (exact) mass is 1290 g/mol. The van der Waals surface area contributed by atoms with E-state index in [9.17, 15) is 0 Å². The molecule has 474 valence electrons. The molecule has 0 saturated heterocycles. The van der Waals surface area contributed by atoms with Gasteiger partial charge in [0.2, 0.25) is 0 Å². The minimum atomic E-state index is -0.425. The molecule has 0 radical (unpaired) electrons. The van der Waals surface area contributed by atoms with Crippen molar-refractivity contribution in [3.05, 3.63) is 338 Å². The molecular formula is C96H64N4O. The molecule has 3 aromatic heterocycles. The second-order valence-corrected chi connectivity index (χ2v) is 28.6. The van der Waals surface area contributed by atoms with E-state index in [0.29, 0.717) is 0 Å². The van der Waals surface area contributed by atoms with E-state index in [2.05, 4.69) is 352 Å². The van der Waals surface area contributed by atoms with E-state index in [1.165, 1.54) is 126 Å². The molecule has 2 aliphatic rings. The minimum absolute atomic E-state index is 0.412. The summed E-state index contributed by atoms with van der Waals surface area (Å²) in [4.78, 5) is 10.5. The molecule has 0 atom stereocenters. The number of rotatable bonds is 8. The van der Waals surface area contributed by atoms with Gasteiger partial charge < -0.3 is 4.42 Å². The van der Waals surface area contributed by atoms with Crippen molar-refractivity contribution >= 4 is 87.1 Å². The molecule has 16 aromatic carbocycles. The van der Waals surface area contributed by atoms with Gasteiger partial charge in [-0.3, -0.25) is 9.13 Å². The lowest BCUT2D eigenvalue weighted by Gasteiger charge is -2.31. The van der Waals surface area contributed by atoms with Crippen molar-refractivity contribution in [2.45, 2.75) is 38.5 Å². The van der Waals surface area contributed by atoms with Gasteiger partial charge in [0.25, 0.3) is 0 Å². The Bertz CT molecular complexity index is 6610. The Labute approximate surface area is 584 Å². The third-order valence-electron chi connectivity index (χ3n) is 22.5. The third kappa shape index (κ3) is 8.20. The van der Waals surface area contributed by atoms with Crippen LogP contribution in [0.3, 0.4) is 0 Å². The Balaban J connectivity index is 0.693. The van der Waals surface area contributed by atoms with E-state index >= 15 is 0 Å². The minimum Gasteiger partial charge on any atom is -0.455 e. The molecule has 0 saturated carbocycles. The van der Waals surface area contributed by atoms with Crippen LogP contribution in [0.2, 0.25) is 0 Å². The van der Waals surface area contributed by atoms with E-state index in [1.54, 1.807) is 0 Å². The number of nitrogens with zero attached hydrogens (tertiary/aromatic N) is 4. The summed E-state index contributed by atoms with van der Waals surface area (Å²) >= 11 is 0. The first-order chi connectivity index (χ1) is 49.7. The first-order valence-electron chi connectivity index (χ1n) is 35.1. The third-order valence-corrected chi connectivity index (χ3v) is 22.5. The molecule has 0 N–H and O–H groups in total. The molecule has 5 heteroatoms. The molecule has 0 aliphatic heterocycles. The molecule has 5 nitrogen and oxygen atoms in total. The van der Waals surface area contributed by atoms with Crippen LogP contribution in [0.5, 0.6) is 0 Å². The van der Waals surface area contributed by atoms with Crippen molar-refractivity contribution in [2.75, 3.05) is 0 Å². The maximum absolute atomic E-state index is 7.30. The van der Waals surface area contributed by atoms with Crippen LogP contribution in [0.4, 0.5) is 0 Å². The summed E-state index contributed by atoms with van der Waals surface area (Å²) in [5.41, 5.74) is 29.5. The number of hydrogen-bond donors (Lipinski definition) is 0. The first kappa shape index (κ1) is 57.4. The van der Waals surface area contributed by atoms with Crippen LogP contribution in [0.25, 0.3) is 188 Å². The standard InChI is InChI=1S/C96H64N4O/c1-95(2)76-55-61(85-69-33-15-11-29-65(69)83(66-30-12-16-34-70(66)85)57-43-47-59(48-44-57)93-97-78-38-20-22-40-80(78)99(93)63-25-7-5-8-26-63)51-53-73(76)87-88-75-37-19-24-42-82(75)101-92(88)89-74-54-52-62(56-77(74)96(3,4)91(89)90(87)95)86-71-35-17-13-31-67(71)84(68-32-14-18-36-72(68)86)58-45-49-60(50-46-58)94-98-79-39-21-23-41-81(79)100(94)64-27-9-6-10-28-64/h5-56H,1-4H3. The summed E-state index contributed by atoms with van der Waals surface area (Å²) < 4.78 is 11.9. The SMILES string of the molecule is CC1(C)c2cc(-c3c4ccccc4c(-c4ccc(-c5nc6ccccc6n5-c5ccccc5)cc4)c4ccccc34)ccc2-c2c1c1c(c3c2oc2ccccc23)-c2ccc(-c3c4ccccc4c(-c4ccc(-c5nc6ccccc6n5-c5ccccc5)cc4)c4ccccc34)cc2C1(C)C. The van der Waals surface area contributed by atoms with Crippen LogP contribution in [-0.4, -0.2) is 19.1 Å². The lowest BCUT2D eigenvalue weighted by molar-refractivity contribution is 0.600. The van der Waals surface area contributed by atoms with Crippen molar-refractivity contribution in [3.8, 4) is 101 Å². The van der Waals surface area contributed by atoms with Crippen LogP contribution < -0.4 is 0 Å². The van der Waals surface area contributed by atoms with E-state index in [1.807, 2.05) is 0 Å². The highest BCUT2D eigenvalue weighted by Crippen LogP contribution is 2.64. The van der Waals surface area contributed by atoms with Gasteiger partial charge in [0.15, 0.2) is 0 Å². The Morgan fingerprint density at radius 1 is 0.277 bits per heavy atom. The fourth-order valence-electron chi connectivity index (χ4n) is 18.1. The molecule has 21 rings (SSSR count). The first-order valence-corrected chi connectivity index (χ1v) is 35.1. The summed E-state index contributed by atoms with van der Waals surface area (Å²) in [6, 6.07) is 116. The lowest BCUT2D eigenvalue weighted by atomic mass is 9.71. The van der Waals surface area contributed by atoms with E-state index in [0.717, 1.165) is 83.9 Å². The second kappa shape index (κ2) is 21.4. The zero-order valence-corrected chi connectivity index (χ0v) is 56.2. The number of aromatic nitrogens is 4. The van der Waals surface area contributed by atoms with Gasteiger partial charge >= 0.3 is 0 Å². The Morgan fingerprint density at radius 2 is 0.594 bits per heavy atom. The predicted octanol–water partition coefficient (Wildman–Crippen LogP) is 25.5. The van der Waals surface area contributed by atoms with Crippen LogP contribution in [0, 0.1) is 0 Å². The van der Waals surface area contributed by atoms with Crippen LogP contribution >= 0.6 is 0 Å². The van der Waals surface area contributed by atoms with Gasteiger partial charge in [-0.05, 0) is 193 Å². The average molecular weight is 1290 g/mol. The summed E-state index contributed by atoms with van der Waals surface area (Å²) in [7, 11) is 0. The van der Waals surface area contributed by atoms with Gasteiger partial charge in [0.1, 0.15) is 22.8 Å². The Hall–Kier alpha value is -12.7. The molecule has 3 heterocycles. The molecule has 0 bridgehead atoms. The van der Waals surface area contributed by atoms with Crippen molar-refractivity contribution < 1.29 is 4.42 Å². The number of hydrogen-bond acceptors (Lipinski definition) is 3. The van der Waals surface area contributed by atoms with Crippen LogP contribution in [0.15, 0.2) is 320 Å². The smallest absolute Gasteiger partial charge is 0.145 e. The molecule has 0 fully saturated rings. The van der Waals surface area contributed by atoms with E-state index in [-0.39, 0.29) is 0 Å². The van der Waals surface area contributed by atoms with Gasteiger partial charge in [-0.2, -0.15) is 0 Å². The van der Waals surface area contributed by atoms with Crippen molar-refractivity contribution in [2.24, 2.45) is 0 Å². The molecule has 0 spiro atoms. The quantitative estimate of drug-likeness (QED) is 0.142. The number of para-hydroxylation sites is 7. The van der Waals surface area contributed by atoms with Gasteiger partial charge in [0, 0.05) is 49.7 Å². The van der Waals surface area contributed by atoms with Crippen molar-refractivity contribution in [3.63, 3.8) is 0 Å². The largest absolute Gasteiger partial charge is 0.455 e. The normalized spacial score (nSPS) is 13.5. The highest BCUT2D eigenvalue weighted by molar-refractivity contribution is 6.25. The zero-order chi connectivity index (χ0) is 67.0. The average Bonchev–Trinajstić information content (AvgIpc) is 1.47. The molecule has 19 aromatic rings. The maximum Gasteiger partial charge on any atom is 0.145 e. The fraction of sp³-hybridized carbons (Fsp3) is 0.0625. The van der Waals surface area contributed by atoms with Crippen molar-refractivity contribution in [1.82, 2.24) is 19.1 Å². The molecule has 0 unspecified atom stereocenters. The summed E-state index contributed by atoms with van der Waals surface area (Å²) in [5, 5.41) is 12.1. The molecule has 101 heavy (non-hydrogen) atoms. The van der Waals surface area contributed by atoms with Gasteiger partial charge in [0.05, 0.1) is 22.1 Å². The molecule has 0 amide bonds. The van der Waals surface area contributed by atoms with Gasteiger partial charge in [-0.25, -0.2) is 9.97 Å². The number of imidazole rings is 2. The Kier molecular flexibility index (Phi) is 12.2. The predicted molar refractivity (Wildman–Crippen MR) is 421 cm³/mol. The topological polar surface area (TPSA) is 48.8 Å². The van der Waals surface area contributed by atoms with Crippen LogP contribution in [0.1, 0.15) is 49.9 Å². The number of benzene rings is 16. The van der Waals surface area contributed by atoms with E-state index < -0.39 is 10.8 Å². The second-order valence-electron chi connectivity index (χ2n) is 28.6. The Morgan fingerprint density at radius 3 is 1.01 bits per heavy atom. The van der Waals surface area contributed by atoms with Gasteiger partial charge in [-0.1, -0.05) is 276 Å². The maximum atomic E-state index is 7.30. The summed E-state index contributed by atoms with van der Waals surface area (Å²) in [6.45, 7) is 9.89. The van der Waals surface area contributed by atoms with Gasteiger partial charge in [-0.15, -0.1) is 0 Å². The van der Waals surface area contributed by atoms with Crippen LogP contribution in [-0.2, 0) is 10.8 Å². The lowest BCUT2D eigenvalue weighted by Crippen LogP contribution is -2.24. The number of fused-ring (bicyclic) bond motifs is 18. The highest BCUT2D eigenvalue weighted by atomic mass is 16.3. The summed E-state index contributed by atoms with van der Waals surface area (Å²) in [5.74, 6) is 1.84. The fourth-order valence-corrected chi connectivity index (χ4v) is 18.1. The molecular weight excluding hydrogens is 1230 g/mol. The zero-order valence-electron chi connectivity index (χ0n) is 56.2. The molecule has 2 aliphatic carbocycles. The number of furan rings is 1. The highest BCUT2D eigenvalue weighted by Gasteiger charge is 2.49. The van der Waals surface area contributed by atoms with Crippen molar-refractivity contribution in [1.29, 1.82) is 0 Å².